The summed E-state index contributed by atoms with van der Waals surface area (Å²) in [7, 11) is 0. The van der Waals surface area contributed by atoms with Crippen LogP contribution in [0.5, 0.6) is 0 Å². The fourth-order valence-electron chi connectivity index (χ4n) is 8.01. The molecular weight excluding hydrogens is 409 g/mol. The number of allylic oxidation sites excluding steroid dienone is 1. The Balaban J connectivity index is 1.79. The third kappa shape index (κ3) is 3.05. The number of hydrogen-bond donors (Lipinski definition) is 0. The maximum absolute atomic E-state index is 14.2. The summed E-state index contributed by atoms with van der Waals surface area (Å²) in [6, 6.07) is 0. The Morgan fingerprint density at radius 1 is 1.06 bits per heavy atom. The third-order valence-corrected chi connectivity index (χ3v) is 9.41. The van der Waals surface area contributed by atoms with E-state index in [0.29, 0.717) is 32.1 Å². The van der Waals surface area contributed by atoms with Crippen LogP contribution < -0.4 is 0 Å². The van der Waals surface area contributed by atoms with Crippen LogP contribution in [0.1, 0.15) is 72.6 Å². The van der Waals surface area contributed by atoms with Gasteiger partial charge < -0.3 is 4.74 Å². The van der Waals surface area contributed by atoms with Gasteiger partial charge in [0.15, 0.2) is 17.2 Å². The minimum atomic E-state index is -4.42. The number of esters is 1. The molecule has 0 aromatic heterocycles. The molecule has 0 aromatic carbocycles. The summed E-state index contributed by atoms with van der Waals surface area (Å²) in [5, 5.41) is 0. The van der Waals surface area contributed by atoms with Crippen LogP contribution in [0.25, 0.3) is 0 Å². The summed E-state index contributed by atoms with van der Waals surface area (Å²) in [5.74, 6) is -2.92. The topological polar surface area (TPSA) is 60.4 Å². The number of carbonyl (C=O) groups excluding carboxylic acids is 3. The van der Waals surface area contributed by atoms with E-state index < -0.39 is 34.5 Å². The van der Waals surface area contributed by atoms with E-state index in [1.165, 1.54) is 19.9 Å². The second-order valence-electron chi connectivity index (χ2n) is 10.7. The Hall–Kier alpha value is -1.66. The molecule has 31 heavy (non-hydrogen) atoms. The van der Waals surface area contributed by atoms with E-state index in [2.05, 4.69) is 0 Å². The molecule has 7 atom stereocenters. The third-order valence-electron chi connectivity index (χ3n) is 9.41. The zero-order valence-electron chi connectivity index (χ0n) is 18.6. The molecule has 0 saturated heterocycles. The Bertz CT molecular complexity index is 861. The van der Waals surface area contributed by atoms with Crippen molar-refractivity contribution in [2.24, 2.45) is 34.5 Å². The fraction of sp³-hybridized carbons (Fsp3) is 0.792. The number of alkyl halides is 3. The summed E-state index contributed by atoms with van der Waals surface area (Å²) >= 11 is 0. The lowest BCUT2D eigenvalue weighted by Gasteiger charge is -2.60. The molecule has 0 spiro atoms. The van der Waals surface area contributed by atoms with Crippen LogP contribution >= 0.6 is 0 Å². The highest BCUT2D eigenvalue weighted by Crippen LogP contribution is 2.70. The van der Waals surface area contributed by atoms with Gasteiger partial charge in [-0.15, -0.1) is 0 Å². The van der Waals surface area contributed by atoms with E-state index in [4.69, 9.17) is 4.74 Å². The molecule has 0 bridgehead atoms. The molecule has 1 unspecified atom stereocenters. The highest BCUT2D eigenvalue weighted by atomic mass is 19.4. The first-order valence-corrected chi connectivity index (χ1v) is 11.3. The average molecular weight is 441 g/mol. The predicted molar refractivity (Wildman–Crippen MR) is 107 cm³/mol. The molecule has 7 heteroatoms. The Kier molecular flexibility index (Phi) is 5.03. The Morgan fingerprint density at radius 3 is 2.29 bits per heavy atom. The molecule has 0 N–H and O–H groups in total. The van der Waals surface area contributed by atoms with Gasteiger partial charge >= 0.3 is 12.1 Å². The molecule has 172 valence electrons. The molecule has 4 rings (SSSR count). The maximum atomic E-state index is 14.2. The van der Waals surface area contributed by atoms with Crippen LogP contribution in [-0.2, 0) is 19.1 Å². The summed E-state index contributed by atoms with van der Waals surface area (Å²) < 4.78 is 48.2. The first kappa shape index (κ1) is 22.5. The van der Waals surface area contributed by atoms with Crippen LogP contribution in [-0.4, -0.2) is 29.3 Å². The highest BCUT2D eigenvalue weighted by Gasteiger charge is 2.69. The smallest absolute Gasteiger partial charge is 0.395 e. The van der Waals surface area contributed by atoms with E-state index in [-0.39, 0.29) is 47.7 Å². The lowest BCUT2D eigenvalue weighted by atomic mass is 9.44. The monoisotopic (exact) mass is 440 g/mol. The minimum absolute atomic E-state index is 0.0311. The molecule has 3 saturated carbocycles. The molecular formula is C24H31F3O4. The number of ether oxygens (including phenoxy) is 1. The molecule has 3 fully saturated rings. The zero-order valence-corrected chi connectivity index (χ0v) is 18.6. The van der Waals surface area contributed by atoms with Crippen LogP contribution in [0.15, 0.2) is 11.6 Å². The van der Waals surface area contributed by atoms with Crippen molar-refractivity contribution in [3.63, 3.8) is 0 Å². The van der Waals surface area contributed by atoms with Crippen LogP contribution in [0.2, 0.25) is 0 Å². The van der Waals surface area contributed by atoms with E-state index in [0.717, 1.165) is 0 Å². The van der Waals surface area contributed by atoms with Crippen molar-refractivity contribution < 1.29 is 32.3 Å². The second kappa shape index (κ2) is 6.92. The predicted octanol–water partition coefficient (Wildman–Crippen LogP) is 5.20. The van der Waals surface area contributed by atoms with E-state index in [9.17, 15) is 27.6 Å². The van der Waals surface area contributed by atoms with Crippen LogP contribution in [0, 0.1) is 34.5 Å². The highest BCUT2D eigenvalue weighted by molar-refractivity contribution is 5.92. The van der Waals surface area contributed by atoms with Crippen molar-refractivity contribution in [3.05, 3.63) is 11.6 Å². The van der Waals surface area contributed by atoms with Gasteiger partial charge in [-0.3, -0.25) is 14.4 Å². The first-order chi connectivity index (χ1) is 14.3. The molecule has 0 aromatic rings. The van der Waals surface area contributed by atoms with Gasteiger partial charge in [0.2, 0.25) is 0 Å². The maximum Gasteiger partial charge on any atom is 0.395 e. The largest absolute Gasteiger partial charge is 0.451 e. The SMILES string of the molecule is CC(=O)O[C@]1(C(C)=O)CC[C@H]2[C@@H]3CC(C(F)(F)F)C4=CC(=O)CC[C@]4(C)[C@H]3CC[C@@]21C. The molecule has 0 radical (unpaired) electrons. The summed E-state index contributed by atoms with van der Waals surface area (Å²) in [4.78, 5) is 36.7. The zero-order chi connectivity index (χ0) is 23.0. The fourth-order valence-corrected chi connectivity index (χ4v) is 8.01. The molecule has 0 heterocycles. The number of fused-ring (bicyclic) bond motifs is 5. The van der Waals surface area contributed by atoms with Crippen LogP contribution in [0.3, 0.4) is 0 Å². The number of hydrogen-bond acceptors (Lipinski definition) is 4. The van der Waals surface area contributed by atoms with Crippen molar-refractivity contribution in [2.45, 2.75) is 84.4 Å². The van der Waals surface area contributed by atoms with E-state index in [1.807, 2.05) is 13.8 Å². The number of carbonyl (C=O) groups is 3. The van der Waals surface area contributed by atoms with Crippen molar-refractivity contribution >= 4 is 17.5 Å². The van der Waals surface area contributed by atoms with Crippen molar-refractivity contribution in [1.82, 2.24) is 0 Å². The van der Waals surface area contributed by atoms with Crippen molar-refractivity contribution in [2.75, 3.05) is 0 Å². The Morgan fingerprint density at radius 2 is 1.71 bits per heavy atom. The molecule has 4 nitrogen and oxygen atoms in total. The lowest BCUT2D eigenvalue weighted by Crippen LogP contribution is -2.60. The molecule has 0 aliphatic heterocycles. The van der Waals surface area contributed by atoms with E-state index in [1.54, 1.807) is 0 Å². The minimum Gasteiger partial charge on any atom is -0.451 e. The number of Topliss-reactive ketones (excluding diaryl/α,β-unsaturated/α-hetero) is 1. The molecule has 0 amide bonds. The second-order valence-corrected chi connectivity index (χ2v) is 10.7. The summed E-state index contributed by atoms with van der Waals surface area (Å²) in [6.07, 6.45) is -0.257. The van der Waals surface area contributed by atoms with Crippen molar-refractivity contribution in [3.8, 4) is 0 Å². The van der Waals surface area contributed by atoms with Gasteiger partial charge in [-0.2, -0.15) is 13.2 Å². The van der Waals surface area contributed by atoms with Crippen LogP contribution in [0.4, 0.5) is 13.2 Å². The standard InChI is InChI=1S/C24H31F3O4/c1-13(28)23(31-14(2)29)10-7-18-16-12-20(24(25,26)27)19-11-15(30)5-8-21(19,3)17(16)6-9-22(18,23)4/h11,16-18,20H,5-10,12H2,1-4H3/t16-,17+,18+,20?,21-,22+,23+/m1/s1. The van der Waals surface area contributed by atoms with E-state index >= 15 is 0 Å². The first-order valence-electron chi connectivity index (χ1n) is 11.3. The molecule has 4 aliphatic carbocycles. The van der Waals surface area contributed by atoms with Gasteiger partial charge in [-0.1, -0.05) is 13.8 Å². The van der Waals surface area contributed by atoms with Gasteiger partial charge in [0.05, 0.1) is 5.92 Å². The number of ketones is 2. The number of rotatable bonds is 2. The lowest BCUT2D eigenvalue weighted by molar-refractivity contribution is -0.204. The van der Waals surface area contributed by atoms with Crippen molar-refractivity contribution in [1.29, 1.82) is 0 Å². The van der Waals surface area contributed by atoms with Gasteiger partial charge in [0, 0.05) is 18.8 Å². The summed E-state index contributed by atoms with van der Waals surface area (Å²) in [6.45, 7) is 6.55. The van der Waals surface area contributed by atoms with Gasteiger partial charge in [-0.05, 0) is 80.3 Å². The Labute approximate surface area is 181 Å². The molecule has 4 aliphatic rings. The van der Waals surface area contributed by atoms with Gasteiger partial charge in [0.25, 0.3) is 0 Å². The normalized spacial score (nSPS) is 44.6. The quantitative estimate of drug-likeness (QED) is 0.554. The van der Waals surface area contributed by atoms with Gasteiger partial charge in [0.1, 0.15) is 0 Å². The van der Waals surface area contributed by atoms with Gasteiger partial charge in [-0.25, -0.2) is 0 Å². The average Bonchev–Trinajstić information content (AvgIpc) is 2.94. The number of halogens is 3. The summed E-state index contributed by atoms with van der Waals surface area (Å²) in [5.41, 5.74) is -2.34.